The summed E-state index contributed by atoms with van der Waals surface area (Å²) in [6.45, 7) is 9.35. The Morgan fingerprint density at radius 1 is 1.08 bits per heavy atom. The first-order valence-electron chi connectivity index (χ1n) is 7.85. The van der Waals surface area contributed by atoms with Crippen molar-refractivity contribution in [3.63, 3.8) is 0 Å². The number of cyclic esters (lactones) is 1. The zero-order chi connectivity index (χ0) is 18.3. The molecule has 2 atom stereocenters. The lowest BCUT2D eigenvalue weighted by molar-refractivity contribution is -0.281. The van der Waals surface area contributed by atoms with Crippen molar-refractivity contribution in [3.8, 4) is 0 Å². The van der Waals surface area contributed by atoms with E-state index in [4.69, 9.17) is 9.47 Å². The number of halogens is 3. The quantitative estimate of drug-likeness (QED) is 0.736. The van der Waals surface area contributed by atoms with E-state index in [-0.39, 0.29) is 17.8 Å². The number of hydrogen-bond acceptors (Lipinski definition) is 3. The maximum atomic E-state index is 12.6. The van der Waals surface area contributed by atoms with Crippen molar-refractivity contribution in [1.82, 2.24) is 0 Å². The average Bonchev–Trinajstić information content (AvgIpc) is 2.41. The molecule has 6 heteroatoms. The molecule has 1 aliphatic heterocycles. The third-order valence-corrected chi connectivity index (χ3v) is 4.19. The number of alkyl halides is 3. The number of hydrogen-bond donors (Lipinski definition) is 0. The van der Waals surface area contributed by atoms with E-state index in [1.54, 1.807) is 13.8 Å². The lowest BCUT2D eigenvalue weighted by atomic mass is 9.83. The highest BCUT2D eigenvalue weighted by Crippen LogP contribution is 2.38. The molecule has 0 aliphatic carbocycles. The minimum atomic E-state index is -4.37. The fourth-order valence-electron chi connectivity index (χ4n) is 2.60. The van der Waals surface area contributed by atoms with E-state index in [0.717, 1.165) is 12.1 Å². The molecule has 0 spiro atoms. The molecule has 0 amide bonds. The van der Waals surface area contributed by atoms with E-state index in [1.807, 2.05) is 20.8 Å². The Labute approximate surface area is 140 Å². The van der Waals surface area contributed by atoms with Crippen molar-refractivity contribution in [1.29, 1.82) is 0 Å². The van der Waals surface area contributed by atoms with Crippen molar-refractivity contribution in [3.05, 3.63) is 35.4 Å². The van der Waals surface area contributed by atoms with Crippen LogP contribution in [-0.2, 0) is 26.9 Å². The van der Waals surface area contributed by atoms with Gasteiger partial charge in [-0.1, -0.05) is 32.9 Å². The van der Waals surface area contributed by atoms with Crippen molar-refractivity contribution in [2.24, 2.45) is 11.3 Å². The highest BCUT2D eigenvalue weighted by molar-refractivity contribution is 5.75. The van der Waals surface area contributed by atoms with Gasteiger partial charge in [0.05, 0.1) is 17.1 Å². The molecule has 134 valence electrons. The standard InChI is InChI=1S/C18H23F3O3/c1-16(2,3)15-23-14(22)13(17(4,5)24-15)10-11-6-8-12(9-7-11)18(19,20)21/h6-9,13,15H,10H2,1-5H3/t13-,15+/m0/s1. The van der Waals surface area contributed by atoms with E-state index in [9.17, 15) is 18.0 Å². The van der Waals surface area contributed by atoms with Gasteiger partial charge in [0.2, 0.25) is 6.29 Å². The predicted octanol–water partition coefficient (Wildman–Crippen LogP) is 4.59. The summed E-state index contributed by atoms with van der Waals surface area (Å²) in [4.78, 5) is 12.4. The van der Waals surface area contributed by atoms with Crippen LogP contribution in [-0.4, -0.2) is 17.9 Å². The summed E-state index contributed by atoms with van der Waals surface area (Å²) >= 11 is 0. The van der Waals surface area contributed by atoms with Gasteiger partial charge in [-0.15, -0.1) is 0 Å². The summed E-state index contributed by atoms with van der Waals surface area (Å²) in [6.07, 6.45) is -4.75. The van der Waals surface area contributed by atoms with Crippen molar-refractivity contribution in [2.75, 3.05) is 0 Å². The third kappa shape index (κ3) is 4.09. The molecule has 1 aromatic carbocycles. The molecule has 1 aromatic rings. The minimum absolute atomic E-state index is 0.265. The molecule has 3 nitrogen and oxygen atoms in total. The van der Waals surface area contributed by atoms with Gasteiger partial charge >= 0.3 is 12.1 Å². The first-order valence-corrected chi connectivity index (χ1v) is 7.85. The fourth-order valence-corrected chi connectivity index (χ4v) is 2.60. The van der Waals surface area contributed by atoms with Crippen LogP contribution in [0.2, 0.25) is 0 Å². The maximum Gasteiger partial charge on any atom is 0.416 e. The van der Waals surface area contributed by atoms with Gasteiger partial charge in [0.25, 0.3) is 0 Å². The van der Waals surface area contributed by atoms with Crippen LogP contribution in [0, 0.1) is 11.3 Å². The van der Waals surface area contributed by atoms with Crippen LogP contribution in [0.4, 0.5) is 13.2 Å². The predicted molar refractivity (Wildman–Crippen MR) is 83.1 cm³/mol. The molecule has 2 rings (SSSR count). The van der Waals surface area contributed by atoms with Gasteiger partial charge in [-0.3, -0.25) is 4.79 Å². The molecule has 1 aliphatic rings. The summed E-state index contributed by atoms with van der Waals surface area (Å²) in [7, 11) is 0. The zero-order valence-electron chi connectivity index (χ0n) is 14.5. The molecule has 0 bridgehead atoms. The van der Waals surface area contributed by atoms with Gasteiger partial charge in [0, 0.05) is 5.41 Å². The Morgan fingerprint density at radius 3 is 2.04 bits per heavy atom. The van der Waals surface area contributed by atoms with Crippen LogP contribution < -0.4 is 0 Å². The van der Waals surface area contributed by atoms with E-state index in [1.165, 1.54) is 12.1 Å². The maximum absolute atomic E-state index is 12.6. The molecule has 0 unspecified atom stereocenters. The lowest BCUT2D eigenvalue weighted by Gasteiger charge is -2.45. The van der Waals surface area contributed by atoms with Crippen LogP contribution in [0.1, 0.15) is 45.7 Å². The number of benzene rings is 1. The summed E-state index contributed by atoms with van der Waals surface area (Å²) < 4.78 is 49.2. The number of rotatable bonds is 2. The molecule has 1 saturated heterocycles. The Balaban J connectivity index is 2.16. The topological polar surface area (TPSA) is 35.5 Å². The Kier molecular flexibility index (Phi) is 4.74. The molecule has 0 saturated carbocycles. The van der Waals surface area contributed by atoms with E-state index in [0.29, 0.717) is 5.56 Å². The van der Waals surface area contributed by atoms with Gasteiger partial charge in [-0.05, 0) is 38.0 Å². The molecule has 1 fully saturated rings. The molecule has 0 aromatic heterocycles. The second kappa shape index (κ2) is 6.06. The van der Waals surface area contributed by atoms with Crippen molar-refractivity contribution in [2.45, 2.75) is 59.1 Å². The van der Waals surface area contributed by atoms with E-state index >= 15 is 0 Å². The smallest absolute Gasteiger partial charge is 0.416 e. The van der Waals surface area contributed by atoms with Crippen molar-refractivity contribution >= 4 is 5.97 Å². The monoisotopic (exact) mass is 344 g/mol. The summed E-state index contributed by atoms with van der Waals surface area (Å²) in [5.41, 5.74) is -1.20. The largest absolute Gasteiger partial charge is 0.435 e. The summed E-state index contributed by atoms with van der Waals surface area (Å²) in [6, 6.07) is 4.83. The van der Waals surface area contributed by atoms with Crippen LogP contribution in [0.25, 0.3) is 0 Å². The van der Waals surface area contributed by atoms with Crippen molar-refractivity contribution < 1.29 is 27.4 Å². The lowest BCUT2D eigenvalue weighted by Crippen LogP contribution is -2.54. The highest BCUT2D eigenvalue weighted by Gasteiger charge is 2.48. The van der Waals surface area contributed by atoms with Crippen LogP contribution >= 0.6 is 0 Å². The number of ether oxygens (including phenoxy) is 2. The fraction of sp³-hybridized carbons (Fsp3) is 0.611. The molecular formula is C18H23F3O3. The van der Waals surface area contributed by atoms with Gasteiger partial charge in [-0.25, -0.2) is 0 Å². The van der Waals surface area contributed by atoms with Gasteiger partial charge in [-0.2, -0.15) is 13.2 Å². The summed E-state index contributed by atoms with van der Waals surface area (Å²) in [5, 5.41) is 0. The number of carbonyl (C=O) groups is 1. The minimum Gasteiger partial charge on any atom is -0.435 e. The van der Waals surface area contributed by atoms with Crippen LogP contribution in [0.3, 0.4) is 0 Å². The SMILES string of the molecule is CC(C)(C)[C@@H]1OC(=O)[C@H](Cc2ccc(C(F)(F)F)cc2)C(C)(C)O1. The number of carbonyl (C=O) groups excluding carboxylic acids is 1. The first-order chi connectivity index (χ1) is 10.8. The molecule has 24 heavy (non-hydrogen) atoms. The average molecular weight is 344 g/mol. The zero-order valence-corrected chi connectivity index (χ0v) is 14.5. The van der Waals surface area contributed by atoms with E-state index in [2.05, 4.69) is 0 Å². The van der Waals surface area contributed by atoms with Gasteiger partial charge < -0.3 is 9.47 Å². The second-order valence-corrected chi connectivity index (χ2v) is 7.81. The Hall–Kier alpha value is -1.56. The highest BCUT2D eigenvalue weighted by atomic mass is 19.4. The number of esters is 1. The molecular weight excluding hydrogens is 321 g/mol. The Bertz CT molecular complexity index is 597. The normalized spacial score (nSPS) is 24.6. The molecule has 0 N–H and O–H groups in total. The van der Waals surface area contributed by atoms with Crippen LogP contribution in [0.15, 0.2) is 24.3 Å². The van der Waals surface area contributed by atoms with Gasteiger partial charge in [0.1, 0.15) is 0 Å². The first kappa shape index (κ1) is 18.8. The Morgan fingerprint density at radius 2 is 1.62 bits per heavy atom. The van der Waals surface area contributed by atoms with Crippen LogP contribution in [0.5, 0.6) is 0 Å². The van der Waals surface area contributed by atoms with Gasteiger partial charge in [0.15, 0.2) is 0 Å². The summed E-state index contributed by atoms with van der Waals surface area (Å²) in [5.74, 6) is -0.959. The third-order valence-electron chi connectivity index (χ3n) is 4.19. The molecule has 1 heterocycles. The van der Waals surface area contributed by atoms with E-state index < -0.39 is 29.5 Å². The second-order valence-electron chi connectivity index (χ2n) is 7.81. The molecule has 0 radical (unpaired) electrons.